The molecular weight excluding hydrogens is 174 g/mol. The van der Waals surface area contributed by atoms with Gasteiger partial charge in [0, 0.05) is 5.56 Å². The molecule has 1 aliphatic rings. The molecule has 0 saturated carbocycles. The minimum absolute atomic E-state index is 0.253. The fraction of sp³-hybridized carbons (Fsp3) is 0.545. The number of fused-ring (bicyclic) bond motifs is 1. The minimum atomic E-state index is 0.253. The quantitative estimate of drug-likeness (QED) is 0.603. The van der Waals surface area contributed by atoms with Gasteiger partial charge in [-0.05, 0) is 25.8 Å². The topological polar surface area (TPSA) is 31.2 Å². The summed E-state index contributed by atoms with van der Waals surface area (Å²) < 4.78 is 1.91. The zero-order valence-corrected chi connectivity index (χ0v) is 9.15. The molecule has 74 valence electrons. The Bertz CT molecular complexity index is 474. The maximum Gasteiger partial charge on any atom is 0.346 e. The molecule has 1 aliphatic heterocycles. The second-order valence-corrected chi connectivity index (χ2v) is 4.19. The first kappa shape index (κ1) is 9.31. The Balaban J connectivity index is 2.70. The highest BCUT2D eigenvalue weighted by atomic mass is 15.2. The van der Waals surface area contributed by atoms with Crippen LogP contribution < -0.4 is 9.85 Å². The van der Waals surface area contributed by atoms with E-state index in [0.29, 0.717) is 5.92 Å². The van der Waals surface area contributed by atoms with E-state index in [-0.39, 0.29) is 6.04 Å². The lowest BCUT2D eigenvalue weighted by atomic mass is 10.1. The molecule has 0 amide bonds. The summed E-state index contributed by atoms with van der Waals surface area (Å²) in [5, 5.41) is 4.53. The zero-order valence-electron chi connectivity index (χ0n) is 9.15. The van der Waals surface area contributed by atoms with Crippen molar-refractivity contribution in [2.24, 2.45) is 4.99 Å². The molecule has 14 heavy (non-hydrogen) atoms. The fourth-order valence-corrected chi connectivity index (χ4v) is 1.65. The van der Waals surface area contributed by atoms with Crippen molar-refractivity contribution in [2.45, 2.75) is 39.7 Å². The van der Waals surface area contributed by atoms with E-state index in [0.717, 1.165) is 11.2 Å². The lowest BCUT2D eigenvalue weighted by Crippen LogP contribution is -2.41. The molecule has 1 aromatic rings. The van der Waals surface area contributed by atoms with E-state index >= 15 is 0 Å². The summed E-state index contributed by atoms with van der Waals surface area (Å²) in [6.45, 7) is 8.48. The maximum absolute atomic E-state index is 4.53. The zero-order chi connectivity index (χ0) is 10.3. The molecule has 0 radical (unpaired) electrons. The van der Waals surface area contributed by atoms with Gasteiger partial charge < -0.3 is 0 Å². The third-order valence-electron chi connectivity index (χ3n) is 2.43. The van der Waals surface area contributed by atoms with Crippen LogP contribution in [0.3, 0.4) is 0 Å². The van der Waals surface area contributed by atoms with E-state index in [9.17, 15) is 0 Å². The van der Waals surface area contributed by atoms with E-state index in [4.69, 9.17) is 0 Å². The lowest BCUT2D eigenvalue weighted by molar-refractivity contribution is -0.591. The smallest absolute Gasteiger partial charge is 0.101 e. The first-order valence-corrected chi connectivity index (χ1v) is 5.07. The normalized spacial score (nSPS) is 19.1. The predicted molar refractivity (Wildman–Crippen MR) is 53.6 cm³/mol. The number of nitrogens with zero attached hydrogens (tertiary/aromatic N) is 3. The van der Waals surface area contributed by atoms with Gasteiger partial charge in [-0.25, -0.2) is 0 Å². The van der Waals surface area contributed by atoms with Crippen LogP contribution in [0.15, 0.2) is 11.1 Å². The van der Waals surface area contributed by atoms with Crippen molar-refractivity contribution >= 4 is 0 Å². The summed E-state index contributed by atoms with van der Waals surface area (Å²) in [6, 6.07) is 2.38. The average molecular weight is 190 g/mol. The van der Waals surface area contributed by atoms with Gasteiger partial charge in [0.25, 0.3) is 0 Å². The van der Waals surface area contributed by atoms with Crippen molar-refractivity contribution in [3.8, 4) is 0 Å². The molecule has 0 N–H and O–H groups in total. The molecule has 1 aromatic heterocycles. The van der Waals surface area contributed by atoms with Crippen molar-refractivity contribution in [3.05, 3.63) is 29.0 Å². The molecule has 0 bridgehead atoms. The Morgan fingerprint density at radius 1 is 1.43 bits per heavy atom. The molecule has 2 rings (SSSR count). The second kappa shape index (κ2) is 3.15. The lowest BCUT2D eigenvalue weighted by Gasteiger charge is -2.00. The van der Waals surface area contributed by atoms with Crippen molar-refractivity contribution in [2.75, 3.05) is 0 Å². The molecule has 1 atom stereocenters. The van der Waals surface area contributed by atoms with Crippen molar-refractivity contribution < 1.29 is 4.36 Å². The molecule has 0 aliphatic carbocycles. The predicted octanol–water partition coefficient (Wildman–Crippen LogP) is 0.833. The Morgan fingerprint density at radius 3 is 2.79 bits per heavy atom. The van der Waals surface area contributed by atoms with Gasteiger partial charge in [0.1, 0.15) is 6.21 Å². The van der Waals surface area contributed by atoms with Gasteiger partial charge in [-0.1, -0.05) is 23.9 Å². The number of aryl methyl sites for hydroxylation is 1. The van der Waals surface area contributed by atoms with Gasteiger partial charge in [0.15, 0.2) is 6.04 Å². The molecule has 0 fully saturated rings. The molecule has 1 unspecified atom stereocenters. The van der Waals surface area contributed by atoms with Gasteiger partial charge >= 0.3 is 5.49 Å². The van der Waals surface area contributed by atoms with Crippen molar-refractivity contribution in [3.63, 3.8) is 0 Å². The third kappa shape index (κ3) is 1.43. The van der Waals surface area contributed by atoms with Crippen LogP contribution in [-0.4, -0.2) is 11.1 Å². The van der Waals surface area contributed by atoms with Gasteiger partial charge in [-0.3, -0.25) is 0 Å². The Hall–Kier alpha value is -1.25. The molecule has 2 heterocycles. The van der Waals surface area contributed by atoms with Crippen LogP contribution in [0, 0.1) is 13.1 Å². The van der Waals surface area contributed by atoms with Gasteiger partial charge in [-0.2, -0.15) is 0 Å². The second-order valence-electron chi connectivity index (χ2n) is 4.19. The largest absolute Gasteiger partial charge is 0.346 e. The van der Waals surface area contributed by atoms with E-state index in [1.54, 1.807) is 0 Å². The minimum Gasteiger partial charge on any atom is -0.101 e. The van der Waals surface area contributed by atoms with Crippen LogP contribution in [0.25, 0.3) is 0 Å². The number of aromatic nitrogens is 2. The fourth-order valence-electron chi connectivity index (χ4n) is 1.65. The number of hydrogen-bond donors (Lipinski definition) is 0. The summed E-state index contributed by atoms with van der Waals surface area (Å²) in [5.41, 5.74) is 3.35. The summed E-state index contributed by atoms with van der Waals surface area (Å²) >= 11 is 0. The molecule has 0 saturated heterocycles. The summed E-state index contributed by atoms with van der Waals surface area (Å²) in [6.07, 6.45) is 2.05. The summed E-state index contributed by atoms with van der Waals surface area (Å²) in [7, 11) is 0. The van der Waals surface area contributed by atoms with E-state index in [2.05, 4.69) is 43.9 Å². The van der Waals surface area contributed by atoms with Crippen LogP contribution in [0.2, 0.25) is 0 Å². The summed E-state index contributed by atoms with van der Waals surface area (Å²) in [5.74, 6) is 0.468. The van der Waals surface area contributed by atoms with Gasteiger partial charge in [-0.15, -0.1) is 4.36 Å². The first-order valence-electron chi connectivity index (χ1n) is 5.07. The van der Waals surface area contributed by atoms with Gasteiger partial charge in [0.05, 0.1) is 5.69 Å². The van der Waals surface area contributed by atoms with Crippen molar-refractivity contribution in [1.29, 1.82) is 0 Å². The van der Waals surface area contributed by atoms with Gasteiger partial charge in [0.2, 0.25) is 0 Å². The Kier molecular flexibility index (Phi) is 2.10. The van der Waals surface area contributed by atoms with E-state index < -0.39 is 0 Å². The number of hydrogen-bond acceptors (Lipinski definition) is 2. The first-order chi connectivity index (χ1) is 6.58. The van der Waals surface area contributed by atoms with Crippen molar-refractivity contribution in [1.82, 2.24) is 5.10 Å². The van der Waals surface area contributed by atoms with E-state index in [1.807, 2.05) is 10.6 Å². The molecule has 3 nitrogen and oxygen atoms in total. The van der Waals surface area contributed by atoms with E-state index in [1.165, 1.54) is 5.56 Å². The molecular formula is C11H16N3+. The highest BCUT2D eigenvalue weighted by molar-refractivity contribution is 5.11. The summed E-state index contributed by atoms with van der Waals surface area (Å²) in [4.78, 5) is 4.50. The standard InChI is InChI=1S/C11H16N3/c1-7(2)10-5-8(3)11-12-9(4)6-14(11)13-10/h5-7,9H,1-4H3/q+1. The monoisotopic (exact) mass is 190 g/mol. The van der Waals surface area contributed by atoms with Crippen LogP contribution in [0.4, 0.5) is 0 Å². The SMILES string of the molecule is Cc1cc(C(C)C)n[n+]2c1=NC(C)C=2. The van der Waals surface area contributed by atoms with Crippen LogP contribution in [0.1, 0.15) is 37.9 Å². The highest BCUT2D eigenvalue weighted by Gasteiger charge is 2.18. The highest BCUT2D eigenvalue weighted by Crippen LogP contribution is 2.09. The number of rotatable bonds is 1. The van der Waals surface area contributed by atoms with Crippen LogP contribution in [0.5, 0.6) is 0 Å². The Morgan fingerprint density at radius 2 is 2.14 bits per heavy atom. The molecule has 0 spiro atoms. The molecule has 3 heteroatoms. The maximum atomic E-state index is 4.53. The average Bonchev–Trinajstić information content (AvgIpc) is 2.45. The molecule has 0 aromatic carbocycles. The Labute approximate surface area is 83.8 Å². The van der Waals surface area contributed by atoms with Crippen LogP contribution >= 0.6 is 0 Å². The third-order valence-corrected chi connectivity index (χ3v) is 2.43. The van der Waals surface area contributed by atoms with Crippen LogP contribution in [-0.2, 0) is 0 Å².